The fourth-order valence-electron chi connectivity index (χ4n) is 5.21. The van der Waals surface area contributed by atoms with Gasteiger partial charge in [0.2, 0.25) is 0 Å². The van der Waals surface area contributed by atoms with Gasteiger partial charge in [-0.15, -0.1) is 0 Å². The molecule has 0 radical (unpaired) electrons. The number of quaternary nitrogens is 1. The second-order valence-corrected chi connectivity index (χ2v) is 10.2. The number of fused-ring (bicyclic) bond motifs is 3. The summed E-state index contributed by atoms with van der Waals surface area (Å²) in [6.45, 7) is 18.4. The Morgan fingerprint density at radius 2 is 1.53 bits per heavy atom. The van der Waals surface area contributed by atoms with Gasteiger partial charge in [-0.1, -0.05) is 0 Å². The van der Waals surface area contributed by atoms with E-state index in [-0.39, 0.29) is 24.4 Å². The summed E-state index contributed by atoms with van der Waals surface area (Å²) in [4.78, 5) is 0. The number of hydrogen-bond acceptors (Lipinski definition) is 7. The van der Waals surface area contributed by atoms with E-state index >= 15 is 0 Å². The monoisotopic (exact) mass is 430 g/mol. The molecule has 0 aromatic heterocycles. The van der Waals surface area contributed by atoms with Crippen LogP contribution in [0.2, 0.25) is 0 Å². The first-order valence-corrected chi connectivity index (χ1v) is 11.5. The Kier molecular flexibility index (Phi) is 6.52. The van der Waals surface area contributed by atoms with Crippen molar-refractivity contribution in [1.82, 2.24) is 0 Å². The van der Waals surface area contributed by atoms with Gasteiger partial charge in [-0.05, 0) is 41.5 Å². The van der Waals surface area contributed by atoms with Crippen molar-refractivity contribution in [2.45, 2.75) is 96.3 Å². The first-order valence-electron chi connectivity index (χ1n) is 11.5. The Hall–Kier alpha value is -0.320. The Morgan fingerprint density at radius 3 is 2.23 bits per heavy atom. The molecule has 4 aliphatic heterocycles. The van der Waals surface area contributed by atoms with Crippen molar-refractivity contribution >= 4 is 0 Å². The molecule has 0 saturated carbocycles. The summed E-state index contributed by atoms with van der Waals surface area (Å²) in [5, 5.41) is 0. The van der Waals surface area contributed by atoms with Crippen molar-refractivity contribution in [2.24, 2.45) is 0 Å². The van der Waals surface area contributed by atoms with Crippen molar-refractivity contribution < 1.29 is 37.6 Å². The van der Waals surface area contributed by atoms with E-state index in [0.717, 1.165) is 43.8 Å². The number of ether oxygens (including phenoxy) is 7. The second kappa shape index (κ2) is 8.56. The Labute approximate surface area is 180 Å². The summed E-state index contributed by atoms with van der Waals surface area (Å²) in [6.07, 6.45) is -0.438. The average molecular weight is 431 g/mol. The standard InChI is InChI=1S/C22H40NO7/c1-15(2)23(9-12-24-13-10-23)8-7-11-25-14-16-17-18(28-21(3,4)27-17)19-20(26-16)30-22(5,6)29-19/h15-20H,7-14H2,1-6H3/q+1/t16-,17+,18+,19-,20-/m1/s1. The molecule has 4 fully saturated rings. The average Bonchev–Trinajstić information content (AvgIpc) is 3.16. The van der Waals surface area contributed by atoms with Gasteiger partial charge in [0.25, 0.3) is 0 Å². The minimum atomic E-state index is -0.696. The molecule has 4 heterocycles. The summed E-state index contributed by atoms with van der Waals surface area (Å²) in [5.41, 5.74) is 0. The number of hydrogen-bond donors (Lipinski definition) is 0. The lowest BCUT2D eigenvalue weighted by atomic mass is 9.99. The van der Waals surface area contributed by atoms with E-state index in [9.17, 15) is 0 Å². The zero-order chi connectivity index (χ0) is 21.6. The first-order chi connectivity index (χ1) is 14.1. The van der Waals surface area contributed by atoms with Gasteiger partial charge < -0.3 is 37.6 Å². The highest BCUT2D eigenvalue weighted by Crippen LogP contribution is 2.44. The van der Waals surface area contributed by atoms with Gasteiger partial charge in [0.05, 0.1) is 39.0 Å². The van der Waals surface area contributed by atoms with Crippen LogP contribution >= 0.6 is 0 Å². The number of nitrogens with zero attached hydrogens (tertiary/aromatic N) is 1. The van der Waals surface area contributed by atoms with E-state index in [2.05, 4.69) is 13.8 Å². The van der Waals surface area contributed by atoms with Crippen molar-refractivity contribution in [1.29, 1.82) is 0 Å². The molecule has 8 nitrogen and oxygen atoms in total. The van der Waals surface area contributed by atoms with Crippen molar-refractivity contribution in [3.63, 3.8) is 0 Å². The highest BCUT2D eigenvalue weighted by atomic mass is 16.9. The summed E-state index contributed by atoms with van der Waals surface area (Å²) in [7, 11) is 0. The quantitative estimate of drug-likeness (QED) is 0.452. The molecular weight excluding hydrogens is 390 g/mol. The molecule has 4 rings (SSSR count). The molecule has 0 spiro atoms. The molecule has 0 aromatic rings. The minimum Gasteiger partial charge on any atom is -0.378 e. The molecule has 0 N–H and O–H groups in total. The van der Waals surface area contributed by atoms with Crippen LogP contribution in [0.15, 0.2) is 0 Å². The summed E-state index contributed by atoms with van der Waals surface area (Å²) >= 11 is 0. The summed E-state index contributed by atoms with van der Waals surface area (Å²) in [6, 6.07) is 0.599. The second-order valence-electron chi connectivity index (χ2n) is 10.2. The zero-order valence-corrected chi connectivity index (χ0v) is 19.4. The third kappa shape index (κ3) is 4.71. The predicted octanol–water partition coefficient (Wildman–Crippen LogP) is 2.05. The molecule has 0 aromatic carbocycles. The van der Waals surface area contributed by atoms with Gasteiger partial charge in [0, 0.05) is 6.42 Å². The van der Waals surface area contributed by atoms with Crippen LogP contribution in [-0.4, -0.2) is 98.9 Å². The van der Waals surface area contributed by atoms with Crippen molar-refractivity contribution in [2.75, 3.05) is 46.1 Å². The molecule has 4 saturated heterocycles. The van der Waals surface area contributed by atoms with E-state index < -0.39 is 17.9 Å². The molecule has 30 heavy (non-hydrogen) atoms. The van der Waals surface area contributed by atoms with Crippen LogP contribution < -0.4 is 0 Å². The molecule has 0 amide bonds. The van der Waals surface area contributed by atoms with E-state index in [1.54, 1.807) is 0 Å². The zero-order valence-electron chi connectivity index (χ0n) is 19.4. The maximum atomic E-state index is 6.21. The largest absolute Gasteiger partial charge is 0.378 e. The maximum Gasteiger partial charge on any atom is 0.190 e. The van der Waals surface area contributed by atoms with Gasteiger partial charge in [-0.25, -0.2) is 0 Å². The van der Waals surface area contributed by atoms with Crippen molar-refractivity contribution in [3.8, 4) is 0 Å². The molecule has 0 unspecified atom stereocenters. The highest BCUT2D eigenvalue weighted by Gasteiger charge is 2.60. The molecule has 5 atom stereocenters. The molecule has 8 heteroatoms. The van der Waals surface area contributed by atoms with Crippen LogP contribution in [-0.2, 0) is 33.2 Å². The fourth-order valence-corrected chi connectivity index (χ4v) is 5.21. The maximum absolute atomic E-state index is 6.21. The third-order valence-corrected chi connectivity index (χ3v) is 6.88. The SMILES string of the molecule is CC(C)[N+]1(CCCOC[C@H]2O[C@@H]3OC(C)(C)O[C@@H]3[C@H]3OC(C)(C)O[C@H]32)CCOCC1. The smallest absolute Gasteiger partial charge is 0.190 e. The van der Waals surface area contributed by atoms with Crippen LogP contribution in [0, 0.1) is 0 Å². The number of rotatable bonds is 7. The third-order valence-electron chi connectivity index (χ3n) is 6.88. The van der Waals surface area contributed by atoms with Crippen LogP contribution in [0.4, 0.5) is 0 Å². The Balaban J connectivity index is 1.30. The first kappa shape index (κ1) is 22.9. The highest BCUT2D eigenvalue weighted by molar-refractivity contribution is 5.00. The molecular formula is C22H40NO7+. The topological polar surface area (TPSA) is 64.6 Å². The molecule has 174 valence electrons. The summed E-state index contributed by atoms with van der Waals surface area (Å²) < 4.78 is 43.3. The Morgan fingerprint density at radius 1 is 0.900 bits per heavy atom. The fraction of sp³-hybridized carbons (Fsp3) is 1.00. The van der Waals surface area contributed by atoms with E-state index in [4.69, 9.17) is 33.2 Å². The predicted molar refractivity (Wildman–Crippen MR) is 109 cm³/mol. The van der Waals surface area contributed by atoms with Gasteiger partial charge in [-0.3, -0.25) is 0 Å². The van der Waals surface area contributed by atoms with Crippen LogP contribution in [0.1, 0.15) is 48.0 Å². The van der Waals surface area contributed by atoms with Crippen LogP contribution in [0.25, 0.3) is 0 Å². The Bertz CT molecular complexity index is 590. The lowest BCUT2D eigenvalue weighted by Crippen LogP contribution is -2.59. The lowest BCUT2D eigenvalue weighted by molar-refractivity contribution is -0.954. The molecule has 4 aliphatic rings. The lowest BCUT2D eigenvalue weighted by Gasteiger charge is -2.45. The van der Waals surface area contributed by atoms with Gasteiger partial charge in [-0.2, -0.15) is 0 Å². The normalized spacial score (nSPS) is 39.1. The molecule has 0 bridgehead atoms. The summed E-state index contributed by atoms with van der Waals surface area (Å²) in [5.74, 6) is -1.37. The van der Waals surface area contributed by atoms with Gasteiger partial charge in [0.1, 0.15) is 37.5 Å². The van der Waals surface area contributed by atoms with E-state index in [1.165, 1.54) is 0 Å². The number of morpholine rings is 1. The van der Waals surface area contributed by atoms with Gasteiger partial charge >= 0.3 is 0 Å². The van der Waals surface area contributed by atoms with E-state index in [1.807, 2.05) is 27.7 Å². The van der Waals surface area contributed by atoms with Gasteiger partial charge in [0.15, 0.2) is 17.9 Å². The van der Waals surface area contributed by atoms with Crippen LogP contribution in [0.3, 0.4) is 0 Å². The minimum absolute atomic E-state index is 0.225. The van der Waals surface area contributed by atoms with E-state index in [0.29, 0.717) is 19.3 Å². The molecule has 0 aliphatic carbocycles. The van der Waals surface area contributed by atoms with Crippen molar-refractivity contribution in [3.05, 3.63) is 0 Å². The van der Waals surface area contributed by atoms with Crippen LogP contribution in [0.5, 0.6) is 0 Å².